The van der Waals surface area contributed by atoms with Gasteiger partial charge in [-0.25, -0.2) is 9.18 Å². The molecule has 4 rings (SSSR count). The van der Waals surface area contributed by atoms with E-state index in [0.717, 1.165) is 58.2 Å². The maximum Gasteiger partial charge on any atom is 0.420 e. The van der Waals surface area contributed by atoms with Crippen molar-refractivity contribution >= 4 is 11.1 Å². The van der Waals surface area contributed by atoms with Gasteiger partial charge in [0.15, 0.2) is 11.4 Å². The van der Waals surface area contributed by atoms with E-state index in [9.17, 15) is 13.6 Å². The lowest BCUT2D eigenvalue weighted by molar-refractivity contribution is -0.0274. The van der Waals surface area contributed by atoms with Crippen molar-refractivity contribution in [2.45, 2.75) is 77.0 Å². The van der Waals surface area contributed by atoms with E-state index in [1.807, 2.05) is 6.92 Å². The first-order chi connectivity index (χ1) is 13.8. The van der Waals surface area contributed by atoms with Gasteiger partial charge in [0.2, 0.25) is 5.82 Å². The predicted molar refractivity (Wildman–Crippen MR) is 107 cm³/mol. The number of aryl methyl sites for hydroxylation is 1. The van der Waals surface area contributed by atoms with E-state index in [1.54, 1.807) is 0 Å². The van der Waals surface area contributed by atoms with Crippen molar-refractivity contribution < 1.29 is 17.9 Å². The number of hydrogen-bond donors (Lipinski definition) is 0. The lowest BCUT2D eigenvalue weighted by Gasteiger charge is -2.48. The molecule has 0 atom stereocenters. The van der Waals surface area contributed by atoms with Gasteiger partial charge >= 0.3 is 5.76 Å². The molecule has 0 spiro atoms. The zero-order chi connectivity index (χ0) is 20.8. The zero-order valence-corrected chi connectivity index (χ0v) is 17.5. The quantitative estimate of drug-likeness (QED) is 0.744. The summed E-state index contributed by atoms with van der Waals surface area (Å²) in [7, 11) is 0. The molecule has 1 saturated carbocycles. The number of rotatable bonds is 4. The molecule has 160 valence electrons. The van der Waals surface area contributed by atoms with Crippen LogP contribution in [0.4, 0.5) is 8.78 Å². The topological polar surface area (TPSA) is 47.6 Å². The van der Waals surface area contributed by atoms with Crippen LogP contribution in [-0.4, -0.2) is 40.8 Å². The summed E-state index contributed by atoms with van der Waals surface area (Å²) in [5.41, 5.74) is 0.420. The Morgan fingerprint density at radius 1 is 1.17 bits per heavy atom. The van der Waals surface area contributed by atoms with E-state index in [4.69, 9.17) is 9.15 Å². The molecule has 2 heterocycles. The predicted octanol–water partition coefficient (Wildman–Crippen LogP) is 4.56. The number of likely N-dealkylation sites (tertiary alicyclic amines) is 1. The van der Waals surface area contributed by atoms with Gasteiger partial charge in [-0.1, -0.05) is 0 Å². The highest BCUT2D eigenvalue weighted by Gasteiger charge is 2.39. The monoisotopic (exact) mass is 408 g/mol. The Hall–Kier alpha value is -1.73. The first kappa shape index (κ1) is 20.5. The molecule has 0 amide bonds. The first-order valence-electron chi connectivity index (χ1n) is 10.7. The summed E-state index contributed by atoms with van der Waals surface area (Å²) in [6.07, 6.45) is 6.34. The second-order valence-corrected chi connectivity index (χ2v) is 8.78. The van der Waals surface area contributed by atoms with Gasteiger partial charge in [-0.3, -0.25) is 9.47 Å². The largest absolute Gasteiger partial charge is 0.420 e. The number of aromatic nitrogens is 1. The number of oxazole rings is 1. The van der Waals surface area contributed by atoms with Crippen molar-refractivity contribution in [3.05, 3.63) is 33.8 Å². The summed E-state index contributed by atoms with van der Waals surface area (Å²) >= 11 is 0. The molecule has 1 saturated heterocycles. The number of benzene rings is 1. The van der Waals surface area contributed by atoms with E-state index < -0.39 is 17.4 Å². The van der Waals surface area contributed by atoms with Crippen LogP contribution in [0.3, 0.4) is 0 Å². The Bertz CT molecular complexity index is 936. The van der Waals surface area contributed by atoms with E-state index in [0.29, 0.717) is 11.6 Å². The van der Waals surface area contributed by atoms with E-state index in [1.165, 1.54) is 17.6 Å². The molecule has 2 fully saturated rings. The maximum atomic E-state index is 14.2. The van der Waals surface area contributed by atoms with Crippen LogP contribution in [0, 0.1) is 18.6 Å². The Morgan fingerprint density at radius 3 is 2.45 bits per heavy atom. The van der Waals surface area contributed by atoms with Crippen LogP contribution in [0.15, 0.2) is 15.3 Å². The zero-order valence-electron chi connectivity index (χ0n) is 17.5. The minimum Gasteiger partial charge on any atom is -0.404 e. The molecule has 5 nitrogen and oxygen atoms in total. The summed E-state index contributed by atoms with van der Waals surface area (Å²) < 4.78 is 40.5. The summed E-state index contributed by atoms with van der Waals surface area (Å²) in [6.45, 7) is 8.40. The SMILES string of the molecule is CCO[C@H]1CC[C@](C)(N2CCC(n3c(=O)oc4c(F)c(F)c(C)cc43)CC2)CC1. The fourth-order valence-corrected chi connectivity index (χ4v) is 5.17. The lowest BCUT2D eigenvalue weighted by Crippen LogP contribution is -2.52. The molecule has 0 N–H and O–H groups in total. The highest BCUT2D eigenvalue weighted by Crippen LogP contribution is 2.38. The maximum absolute atomic E-state index is 14.2. The van der Waals surface area contributed by atoms with Gasteiger partial charge in [0.25, 0.3) is 0 Å². The normalized spacial score (nSPS) is 27.0. The minimum absolute atomic E-state index is 0.0624. The third-order valence-electron chi connectivity index (χ3n) is 6.97. The summed E-state index contributed by atoms with van der Waals surface area (Å²) in [6, 6.07) is 1.45. The fourth-order valence-electron chi connectivity index (χ4n) is 5.17. The van der Waals surface area contributed by atoms with Crippen LogP contribution in [0.5, 0.6) is 0 Å². The molecule has 1 aromatic heterocycles. The first-order valence-corrected chi connectivity index (χ1v) is 10.7. The van der Waals surface area contributed by atoms with E-state index in [-0.39, 0.29) is 22.7 Å². The number of ether oxygens (including phenoxy) is 1. The molecule has 0 radical (unpaired) electrons. The van der Waals surface area contributed by atoms with Gasteiger partial charge in [-0.05, 0) is 70.9 Å². The average Bonchev–Trinajstić information content (AvgIpc) is 3.04. The van der Waals surface area contributed by atoms with Crippen LogP contribution in [0.25, 0.3) is 11.1 Å². The van der Waals surface area contributed by atoms with Gasteiger partial charge in [-0.15, -0.1) is 0 Å². The third kappa shape index (κ3) is 3.63. The molecule has 1 aliphatic heterocycles. The molecular weight excluding hydrogens is 378 g/mol. The van der Waals surface area contributed by atoms with Crippen LogP contribution in [0.2, 0.25) is 0 Å². The van der Waals surface area contributed by atoms with Gasteiger partial charge in [0.05, 0.1) is 11.6 Å². The second-order valence-electron chi connectivity index (χ2n) is 8.78. The Kier molecular flexibility index (Phi) is 5.55. The Morgan fingerprint density at radius 2 is 1.83 bits per heavy atom. The number of hydrogen-bond acceptors (Lipinski definition) is 4. The third-order valence-corrected chi connectivity index (χ3v) is 6.97. The highest BCUT2D eigenvalue weighted by atomic mass is 19.2. The van der Waals surface area contributed by atoms with Crippen molar-refractivity contribution in [1.29, 1.82) is 0 Å². The molecule has 1 aromatic carbocycles. The van der Waals surface area contributed by atoms with Crippen molar-refractivity contribution in [1.82, 2.24) is 9.47 Å². The number of nitrogens with zero attached hydrogens (tertiary/aromatic N) is 2. The average molecular weight is 408 g/mol. The van der Waals surface area contributed by atoms with Gasteiger partial charge in [0, 0.05) is 31.3 Å². The molecule has 1 aliphatic carbocycles. The van der Waals surface area contributed by atoms with Crippen molar-refractivity contribution in [3.63, 3.8) is 0 Å². The lowest BCUT2D eigenvalue weighted by atomic mass is 9.79. The summed E-state index contributed by atoms with van der Waals surface area (Å²) in [5, 5.41) is 0. The van der Waals surface area contributed by atoms with E-state index in [2.05, 4.69) is 11.8 Å². The molecule has 2 aromatic rings. The minimum atomic E-state index is -1.08. The van der Waals surface area contributed by atoms with Gasteiger partial charge in [-0.2, -0.15) is 4.39 Å². The Balaban J connectivity index is 1.49. The summed E-state index contributed by atoms with van der Waals surface area (Å²) in [5.74, 6) is -2.64. The van der Waals surface area contributed by atoms with Crippen molar-refractivity contribution in [2.75, 3.05) is 19.7 Å². The fraction of sp³-hybridized carbons (Fsp3) is 0.682. The van der Waals surface area contributed by atoms with Gasteiger partial charge < -0.3 is 9.15 Å². The van der Waals surface area contributed by atoms with Crippen LogP contribution >= 0.6 is 0 Å². The van der Waals surface area contributed by atoms with Crippen LogP contribution in [0.1, 0.15) is 64.0 Å². The molecular formula is C22H30F2N2O3. The van der Waals surface area contributed by atoms with Crippen LogP contribution in [-0.2, 0) is 4.74 Å². The number of piperidine rings is 1. The number of fused-ring (bicyclic) bond motifs is 1. The molecule has 0 unspecified atom stereocenters. The van der Waals surface area contributed by atoms with Gasteiger partial charge in [0.1, 0.15) is 0 Å². The van der Waals surface area contributed by atoms with Crippen molar-refractivity contribution in [2.24, 2.45) is 0 Å². The Labute approximate surface area is 169 Å². The molecule has 0 bridgehead atoms. The highest BCUT2D eigenvalue weighted by molar-refractivity contribution is 5.75. The summed E-state index contributed by atoms with van der Waals surface area (Å²) in [4.78, 5) is 15.0. The number of halogens is 2. The smallest absolute Gasteiger partial charge is 0.404 e. The van der Waals surface area contributed by atoms with Crippen molar-refractivity contribution in [3.8, 4) is 0 Å². The molecule has 2 aliphatic rings. The standard InChI is InChI=1S/C22H30F2N2O3/c1-4-28-16-5-9-22(3,10-6-16)25-11-7-15(8-12-25)26-17-13-14(2)18(23)19(24)20(17)29-21(26)27/h13,15-16H,4-12H2,1-3H3/t16-,22-. The van der Waals surface area contributed by atoms with E-state index >= 15 is 0 Å². The van der Waals surface area contributed by atoms with Crippen LogP contribution < -0.4 is 5.76 Å². The molecule has 7 heteroatoms. The second kappa shape index (κ2) is 7.84. The molecule has 29 heavy (non-hydrogen) atoms.